The van der Waals surface area contributed by atoms with Crippen molar-refractivity contribution in [2.45, 2.75) is 32.7 Å². The normalized spacial score (nSPS) is 12.5. The lowest BCUT2D eigenvalue weighted by molar-refractivity contribution is 0.340. The number of rotatable bonds is 6. The maximum Gasteiger partial charge on any atom is 0.119 e. The van der Waals surface area contributed by atoms with Crippen molar-refractivity contribution in [1.82, 2.24) is 0 Å². The minimum atomic E-state index is 0.111. The summed E-state index contributed by atoms with van der Waals surface area (Å²) in [6.07, 6.45) is 2.10. The minimum absolute atomic E-state index is 0.111. The molecule has 0 bridgehead atoms. The Labute approximate surface area is 141 Å². The van der Waals surface area contributed by atoms with Gasteiger partial charge in [-0.3, -0.25) is 0 Å². The lowest BCUT2D eigenvalue weighted by Crippen LogP contribution is -2.01. The summed E-state index contributed by atoms with van der Waals surface area (Å²) in [5.41, 5.74) is 8.71. The fraction of sp³-hybridized carbons (Fsp3) is 0.300. The van der Waals surface area contributed by atoms with Gasteiger partial charge < -0.3 is 10.5 Å². The lowest BCUT2D eigenvalue weighted by atomic mass is 10.0. The zero-order valence-electron chi connectivity index (χ0n) is 13.7. The molecule has 0 saturated heterocycles. The van der Waals surface area contributed by atoms with Crippen molar-refractivity contribution in [3.05, 3.63) is 64.5 Å². The molecule has 23 heavy (non-hydrogen) atoms. The molecule has 0 saturated carbocycles. The maximum absolute atomic E-state index is 5.98. The molecule has 0 aliphatic rings. The van der Waals surface area contributed by atoms with Gasteiger partial charge in [0.15, 0.2) is 0 Å². The van der Waals surface area contributed by atoms with Crippen molar-refractivity contribution in [2.75, 3.05) is 6.61 Å². The van der Waals surface area contributed by atoms with Crippen LogP contribution >= 0.6 is 11.3 Å². The fourth-order valence-electron chi connectivity index (χ4n) is 2.68. The Morgan fingerprint density at radius 1 is 1.00 bits per heavy atom. The van der Waals surface area contributed by atoms with Crippen LogP contribution in [0.2, 0.25) is 0 Å². The van der Waals surface area contributed by atoms with E-state index in [1.807, 2.05) is 25.2 Å². The summed E-state index contributed by atoms with van der Waals surface area (Å²) in [6.45, 7) is 4.76. The van der Waals surface area contributed by atoms with E-state index in [0.717, 1.165) is 18.6 Å². The second-order valence-electron chi connectivity index (χ2n) is 5.89. The van der Waals surface area contributed by atoms with Crippen LogP contribution in [0.25, 0.3) is 10.1 Å². The van der Waals surface area contributed by atoms with Crippen molar-refractivity contribution in [3.8, 4) is 5.75 Å². The van der Waals surface area contributed by atoms with E-state index in [4.69, 9.17) is 10.5 Å². The van der Waals surface area contributed by atoms with Gasteiger partial charge >= 0.3 is 0 Å². The van der Waals surface area contributed by atoms with Crippen molar-refractivity contribution in [2.24, 2.45) is 5.73 Å². The highest BCUT2D eigenvalue weighted by Gasteiger charge is 2.06. The molecule has 0 aliphatic carbocycles. The summed E-state index contributed by atoms with van der Waals surface area (Å²) in [5.74, 6) is 0.944. The Kier molecular flexibility index (Phi) is 4.99. The number of hydrogen-bond donors (Lipinski definition) is 1. The molecule has 0 aliphatic heterocycles. The number of ether oxygens (including phenoxy) is 1. The molecule has 1 aromatic heterocycles. The smallest absolute Gasteiger partial charge is 0.119 e. The molecule has 3 rings (SSSR count). The molecule has 0 radical (unpaired) electrons. The Bertz CT molecular complexity index is 774. The first-order valence-electron chi connectivity index (χ1n) is 8.15. The largest absolute Gasteiger partial charge is 0.494 e. The third kappa shape index (κ3) is 3.92. The van der Waals surface area contributed by atoms with Crippen LogP contribution < -0.4 is 10.5 Å². The molecular formula is C20H23NOS. The molecule has 2 aromatic carbocycles. The van der Waals surface area contributed by atoms with E-state index in [1.54, 1.807) is 0 Å². The number of hydrogen-bond acceptors (Lipinski definition) is 3. The molecule has 2 N–H and O–H groups in total. The van der Waals surface area contributed by atoms with Crippen molar-refractivity contribution in [1.29, 1.82) is 0 Å². The van der Waals surface area contributed by atoms with Crippen molar-refractivity contribution >= 4 is 21.4 Å². The Morgan fingerprint density at radius 3 is 2.39 bits per heavy atom. The van der Waals surface area contributed by atoms with Gasteiger partial charge in [-0.1, -0.05) is 24.3 Å². The summed E-state index contributed by atoms with van der Waals surface area (Å²) in [6, 6.07) is 17.5. The lowest BCUT2D eigenvalue weighted by Gasteiger charge is -2.05. The zero-order chi connectivity index (χ0) is 16.2. The predicted octanol–water partition coefficient (Wildman–Crippen LogP) is 5.10. The average molecular weight is 325 g/mol. The van der Waals surface area contributed by atoms with Crippen LogP contribution in [0.3, 0.4) is 0 Å². The van der Waals surface area contributed by atoms with Gasteiger partial charge in [-0.25, -0.2) is 0 Å². The van der Waals surface area contributed by atoms with E-state index in [0.29, 0.717) is 6.61 Å². The predicted molar refractivity (Wildman–Crippen MR) is 99.4 cm³/mol. The monoisotopic (exact) mass is 325 g/mol. The van der Waals surface area contributed by atoms with E-state index in [2.05, 4.69) is 48.5 Å². The van der Waals surface area contributed by atoms with E-state index in [9.17, 15) is 0 Å². The molecular weight excluding hydrogens is 302 g/mol. The summed E-state index contributed by atoms with van der Waals surface area (Å²) in [5, 5.41) is 1.30. The molecule has 2 nitrogen and oxygen atoms in total. The van der Waals surface area contributed by atoms with E-state index >= 15 is 0 Å². The van der Waals surface area contributed by atoms with Crippen LogP contribution in [-0.4, -0.2) is 6.61 Å². The highest BCUT2D eigenvalue weighted by Crippen LogP contribution is 2.30. The van der Waals surface area contributed by atoms with E-state index < -0.39 is 0 Å². The SMILES string of the molecule is CCOc1ccc(CCc2ccc3cc(C(C)N)sc3c2)cc1. The summed E-state index contributed by atoms with van der Waals surface area (Å²) in [7, 11) is 0. The van der Waals surface area contributed by atoms with E-state index in [-0.39, 0.29) is 6.04 Å². The van der Waals surface area contributed by atoms with Gasteiger partial charge in [-0.05, 0) is 67.5 Å². The van der Waals surface area contributed by atoms with Gasteiger partial charge in [-0.15, -0.1) is 11.3 Å². The molecule has 3 aromatic rings. The quantitative estimate of drug-likeness (QED) is 0.684. The highest BCUT2D eigenvalue weighted by atomic mass is 32.1. The van der Waals surface area contributed by atoms with Crippen molar-refractivity contribution < 1.29 is 4.74 Å². The first-order valence-corrected chi connectivity index (χ1v) is 8.97. The molecule has 1 unspecified atom stereocenters. The van der Waals surface area contributed by atoms with Gasteiger partial charge in [-0.2, -0.15) is 0 Å². The summed E-state index contributed by atoms with van der Waals surface area (Å²) >= 11 is 1.81. The van der Waals surface area contributed by atoms with Crippen LogP contribution in [-0.2, 0) is 12.8 Å². The van der Waals surface area contributed by atoms with Gasteiger partial charge in [0, 0.05) is 15.6 Å². The highest BCUT2D eigenvalue weighted by molar-refractivity contribution is 7.19. The maximum atomic E-state index is 5.98. The number of thiophene rings is 1. The Morgan fingerprint density at radius 2 is 1.70 bits per heavy atom. The second-order valence-corrected chi connectivity index (χ2v) is 7.00. The Hall–Kier alpha value is -1.84. The molecule has 0 fully saturated rings. The van der Waals surface area contributed by atoms with Gasteiger partial charge in [0.2, 0.25) is 0 Å². The van der Waals surface area contributed by atoms with Crippen LogP contribution in [0.1, 0.15) is 35.9 Å². The molecule has 1 heterocycles. The van der Waals surface area contributed by atoms with Crippen LogP contribution in [0.4, 0.5) is 0 Å². The third-order valence-electron chi connectivity index (χ3n) is 3.99. The van der Waals surface area contributed by atoms with E-state index in [1.165, 1.54) is 26.1 Å². The number of nitrogens with two attached hydrogens (primary N) is 1. The van der Waals surface area contributed by atoms with Crippen LogP contribution in [0, 0.1) is 0 Å². The Balaban J connectivity index is 1.68. The number of benzene rings is 2. The zero-order valence-corrected chi connectivity index (χ0v) is 14.5. The number of aryl methyl sites for hydroxylation is 2. The number of fused-ring (bicyclic) bond motifs is 1. The standard InChI is InChI=1S/C20H23NOS/c1-3-22-18-10-7-15(8-11-18)4-5-16-6-9-17-13-19(14(2)21)23-20(17)12-16/h6-14H,3-5,21H2,1-2H3. The van der Waals surface area contributed by atoms with Crippen LogP contribution in [0.15, 0.2) is 48.5 Å². The molecule has 1 atom stereocenters. The second kappa shape index (κ2) is 7.16. The molecule has 0 spiro atoms. The van der Waals surface area contributed by atoms with Gasteiger partial charge in [0.25, 0.3) is 0 Å². The van der Waals surface area contributed by atoms with Gasteiger partial charge in [0.05, 0.1) is 6.61 Å². The first-order chi connectivity index (χ1) is 11.2. The average Bonchev–Trinajstić information content (AvgIpc) is 2.98. The molecule has 120 valence electrons. The summed E-state index contributed by atoms with van der Waals surface area (Å²) < 4.78 is 6.82. The van der Waals surface area contributed by atoms with Crippen LogP contribution in [0.5, 0.6) is 5.75 Å². The molecule has 0 amide bonds. The minimum Gasteiger partial charge on any atom is -0.494 e. The topological polar surface area (TPSA) is 35.2 Å². The fourth-order valence-corrected chi connectivity index (χ4v) is 3.76. The third-order valence-corrected chi connectivity index (χ3v) is 5.29. The molecule has 3 heteroatoms. The first kappa shape index (κ1) is 16.0. The summed E-state index contributed by atoms with van der Waals surface area (Å²) in [4.78, 5) is 1.25. The van der Waals surface area contributed by atoms with Crippen molar-refractivity contribution in [3.63, 3.8) is 0 Å². The van der Waals surface area contributed by atoms with Gasteiger partial charge in [0.1, 0.15) is 5.75 Å².